The van der Waals surface area contributed by atoms with E-state index in [-0.39, 0.29) is 29.2 Å². The molecule has 0 atom stereocenters. The Morgan fingerprint density at radius 2 is 1.66 bits per heavy atom. The highest BCUT2D eigenvalue weighted by Gasteiger charge is 2.34. The van der Waals surface area contributed by atoms with Crippen LogP contribution in [0.15, 0.2) is 83.5 Å². The molecule has 0 fully saturated rings. The van der Waals surface area contributed by atoms with E-state index in [0.717, 1.165) is 17.7 Å². The van der Waals surface area contributed by atoms with Gasteiger partial charge >= 0.3 is 12.1 Å². The molecule has 1 heterocycles. The smallest absolute Gasteiger partial charge is 0.417 e. The van der Waals surface area contributed by atoms with Crippen molar-refractivity contribution in [1.29, 1.82) is 0 Å². The van der Waals surface area contributed by atoms with E-state index < -0.39 is 23.5 Å². The summed E-state index contributed by atoms with van der Waals surface area (Å²) in [6, 6.07) is 17.4. The van der Waals surface area contributed by atoms with Gasteiger partial charge in [-0.1, -0.05) is 42.5 Å². The number of carboxylic acids is 1. The number of benzene rings is 3. The van der Waals surface area contributed by atoms with Gasteiger partial charge in [0.2, 0.25) is 0 Å². The van der Waals surface area contributed by atoms with E-state index in [1.165, 1.54) is 36.5 Å². The van der Waals surface area contributed by atoms with Gasteiger partial charge in [0.15, 0.2) is 5.69 Å². The van der Waals surface area contributed by atoms with Crippen LogP contribution >= 0.6 is 15.9 Å². The number of rotatable bonds is 6. The van der Waals surface area contributed by atoms with Gasteiger partial charge in [0.1, 0.15) is 18.2 Å². The van der Waals surface area contributed by atoms with Crippen molar-refractivity contribution in [1.82, 2.24) is 4.98 Å². The van der Waals surface area contributed by atoms with Crippen LogP contribution in [0.4, 0.5) is 17.6 Å². The Morgan fingerprint density at radius 3 is 2.29 bits per heavy atom. The van der Waals surface area contributed by atoms with Crippen LogP contribution in [0, 0.1) is 5.82 Å². The number of carboxylic acid groups (broad SMARTS) is 1. The van der Waals surface area contributed by atoms with Gasteiger partial charge in [-0.2, -0.15) is 13.2 Å². The first kappa shape index (κ1) is 24.4. The lowest BCUT2D eigenvalue weighted by molar-refractivity contribution is -0.137. The van der Waals surface area contributed by atoms with E-state index >= 15 is 0 Å². The molecule has 0 radical (unpaired) electrons. The number of hydrogen-bond donors (Lipinski definition) is 1. The van der Waals surface area contributed by atoms with Crippen molar-refractivity contribution in [3.8, 4) is 28.0 Å². The minimum atomic E-state index is -4.70. The van der Waals surface area contributed by atoms with Crippen LogP contribution in [0.3, 0.4) is 0 Å². The topological polar surface area (TPSA) is 59.4 Å². The van der Waals surface area contributed by atoms with Crippen molar-refractivity contribution in [3.05, 3.63) is 106 Å². The number of alkyl halides is 3. The second kappa shape index (κ2) is 9.87. The second-order valence-corrected chi connectivity index (χ2v) is 8.38. The van der Waals surface area contributed by atoms with Crippen molar-refractivity contribution in [2.75, 3.05) is 0 Å². The first-order valence-corrected chi connectivity index (χ1v) is 11.0. The molecule has 4 rings (SSSR count). The Bertz CT molecular complexity index is 1390. The van der Waals surface area contributed by atoms with Gasteiger partial charge < -0.3 is 9.84 Å². The molecule has 0 aliphatic rings. The number of carbonyl (C=O) groups is 1. The number of aromatic carboxylic acids is 1. The fourth-order valence-electron chi connectivity index (χ4n) is 3.48. The minimum absolute atomic E-state index is 0.00104. The summed E-state index contributed by atoms with van der Waals surface area (Å²) in [5, 5.41) is 9.08. The predicted octanol–water partition coefficient (Wildman–Crippen LogP) is 7.61. The van der Waals surface area contributed by atoms with Crippen molar-refractivity contribution >= 4 is 21.9 Å². The number of aromatic nitrogens is 1. The first-order chi connectivity index (χ1) is 16.6. The standard InChI is InChI=1S/C26H16BrF4NO3/c27-22-11-17(13-32-24(22)25(33)34)16-7-5-15(6-8-16)14-35-18-9-10-19(21(12-18)26(29,30)31)20-3-1-2-4-23(20)28/h1-13H,14H2,(H,33,34). The van der Waals surface area contributed by atoms with Crippen LogP contribution in [-0.2, 0) is 12.8 Å². The molecule has 0 spiro atoms. The Hall–Kier alpha value is -3.72. The van der Waals surface area contributed by atoms with E-state index in [4.69, 9.17) is 9.84 Å². The molecule has 1 N–H and O–H groups in total. The predicted molar refractivity (Wildman–Crippen MR) is 126 cm³/mol. The summed E-state index contributed by atoms with van der Waals surface area (Å²) in [6.07, 6.45) is -3.26. The number of hydrogen-bond acceptors (Lipinski definition) is 3. The minimum Gasteiger partial charge on any atom is -0.489 e. The normalized spacial score (nSPS) is 11.3. The molecule has 0 unspecified atom stereocenters. The quantitative estimate of drug-likeness (QED) is 0.253. The largest absolute Gasteiger partial charge is 0.489 e. The van der Waals surface area contributed by atoms with Gasteiger partial charge in [0.25, 0.3) is 0 Å². The number of nitrogens with zero attached hydrogens (tertiary/aromatic N) is 1. The molecule has 0 bridgehead atoms. The zero-order valence-electron chi connectivity index (χ0n) is 17.8. The fourth-order valence-corrected chi connectivity index (χ4v) is 3.99. The zero-order chi connectivity index (χ0) is 25.2. The molecule has 4 aromatic rings. The molecule has 3 aromatic carbocycles. The van der Waals surface area contributed by atoms with Gasteiger partial charge in [-0.3, -0.25) is 0 Å². The lowest BCUT2D eigenvalue weighted by atomic mass is 9.98. The lowest BCUT2D eigenvalue weighted by Gasteiger charge is -2.16. The van der Waals surface area contributed by atoms with Crippen molar-refractivity contribution in [2.24, 2.45) is 0 Å². The van der Waals surface area contributed by atoms with E-state index in [9.17, 15) is 22.4 Å². The molecule has 0 amide bonds. The second-order valence-electron chi connectivity index (χ2n) is 7.53. The van der Waals surface area contributed by atoms with E-state index in [1.54, 1.807) is 30.3 Å². The summed E-state index contributed by atoms with van der Waals surface area (Å²) in [5.74, 6) is -1.89. The molecule has 4 nitrogen and oxygen atoms in total. The Balaban J connectivity index is 1.52. The van der Waals surface area contributed by atoms with Crippen molar-refractivity contribution in [3.63, 3.8) is 0 Å². The van der Waals surface area contributed by atoms with Crippen LogP contribution < -0.4 is 4.74 Å². The highest BCUT2D eigenvalue weighted by atomic mass is 79.9. The van der Waals surface area contributed by atoms with Crippen LogP contribution in [0.25, 0.3) is 22.3 Å². The van der Waals surface area contributed by atoms with Crippen molar-refractivity contribution in [2.45, 2.75) is 12.8 Å². The van der Waals surface area contributed by atoms with Gasteiger partial charge in [0.05, 0.1) is 10.0 Å². The monoisotopic (exact) mass is 545 g/mol. The van der Waals surface area contributed by atoms with Gasteiger partial charge in [-0.15, -0.1) is 0 Å². The van der Waals surface area contributed by atoms with Crippen molar-refractivity contribution < 1.29 is 32.2 Å². The lowest BCUT2D eigenvalue weighted by Crippen LogP contribution is -2.08. The molecule has 1 aromatic heterocycles. The average Bonchev–Trinajstić information content (AvgIpc) is 2.82. The van der Waals surface area contributed by atoms with Gasteiger partial charge in [-0.05, 0) is 63.0 Å². The summed E-state index contributed by atoms with van der Waals surface area (Å²) in [5.41, 5.74) is 0.673. The van der Waals surface area contributed by atoms with Crippen LogP contribution in [0.2, 0.25) is 0 Å². The highest BCUT2D eigenvalue weighted by Crippen LogP contribution is 2.40. The maximum atomic E-state index is 14.1. The van der Waals surface area contributed by atoms with Gasteiger partial charge in [0, 0.05) is 17.3 Å². The fraction of sp³-hybridized carbons (Fsp3) is 0.0769. The number of halogens is 5. The summed E-state index contributed by atoms with van der Waals surface area (Å²) in [7, 11) is 0. The van der Waals surface area contributed by atoms with Crippen LogP contribution in [0.1, 0.15) is 21.6 Å². The van der Waals surface area contributed by atoms with E-state index in [2.05, 4.69) is 20.9 Å². The SMILES string of the molecule is O=C(O)c1ncc(-c2ccc(COc3ccc(-c4ccccc4F)c(C(F)(F)F)c3)cc2)cc1Br. The molecule has 178 valence electrons. The first-order valence-electron chi connectivity index (χ1n) is 10.2. The Morgan fingerprint density at radius 1 is 0.943 bits per heavy atom. The van der Waals surface area contributed by atoms with Gasteiger partial charge in [-0.25, -0.2) is 14.2 Å². The summed E-state index contributed by atoms with van der Waals surface area (Å²) in [4.78, 5) is 15.0. The molecule has 0 saturated carbocycles. The molecule has 0 aliphatic carbocycles. The molecular formula is C26H16BrF4NO3. The Labute approximate surface area is 206 Å². The van der Waals surface area contributed by atoms with Crippen LogP contribution in [-0.4, -0.2) is 16.1 Å². The third kappa shape index (κ3) is 5.51. The van der Waals surface area contributed by atoms with Crippen LogP contribution in [0.5, 0.6) is 5.75 Å². The third-order valence-electron chi connectivity index (χ3n) is 5.20. The molecule has 0 aliphatic heterocycles. The average molecular weight is 546 g/mol. The molecule has 35 heavy (non-hydrogen) atoms. The number of ether oxygens (including phenoxy) is 1. The maximum Gasteiger partial charge on any atom is 0.417 e. The zero-order valence-corrected chi connectivity index (χ0v) is 19.4. The third-order valence-corrected chi connectivity index (χ3v) is 5.80. The summed E-state index contributed by atoms with van der Waals surface area (Å²) < 4.78 is 61.1. The number of pyridine rings is 1. The summed E-state index contributed by atoms with van der Waals surface area (Å²) >= 11 is 3.19. The molecule has 0 saturated heterocycles. The summed E-state index contributed by atoms with van der Waals surface area (Å²) in [6.45, 7) is 0.0104. The van der Waals surface area contributed by atoms with E-state index in [1.807, 2.05) is 0 Å². The molecular weight excluding hydrogens is 530 g/mol. The van der Waals surface area contributed by atoms with E-state index in [0.29, 0.717) is 15.6 Å². The Kier molecular flexibility index (Phi) is 6.88. The maximum absolute atomic E-state index is 14.1. The molecule has 9 heteroatoms. The highest BCUT2D eigenvalue weighted by molar-refractivity contribution is 9.10.